The van der Waals surface area contributed by atoms with E-state index in [1.54, 1.807) is 10.9 Å². The molecule has 5 nitrogen and oxygen atoms in total. The summed E-state index contributed by atoms with van der Waals surface area (Å²) in [5.74, 6) is -0.0771. The lowest BCUT2D eigenvalue weighted by Gasteiger charge is -2.11. The Labute approximate surface area is 132 Å². The van der Waals surface area contributed by atoms with Crippen LogP contribution < -0.4 is 10.9 Å². The minimum atomic E-state index is -0.0771. The van der Waals surface area contributed by atoms with Gasteiger partial charge in [0.15, 0.2) is 0 Å². The predicted molar refractivity (Wildman–Crippen MR) is 86.6 cm³/mol. The standard InChI is InChI=1S/C16H19N3O2S/c1-9-12(15(20)18-10-4-2-3-5-10)13-14(22-9)16(21)19(8-17-13)11-6-7-11/h8,10-11H,2-7H2,1H3,(H,18,20). The number of nitrogens with one attached hydrogen (secondary N) is 1. The number of aryl methyl sites for hydroxylation is 1. The second-order valence-electron chi connectivity index (χ2n) is 6.35. The van der Waals surface area contributed by atoms with Crippen LogP contribution in [0.1, 0.15) is 59.8 Å². The van der Waals surface area contributed by atoms with Crippen LogP contribution in [0.2, 0.25) is 0 Å². The molecule has 0 aromatic carbocycles. The molecule has 0 unspecified atom stereocenters. The molecule has 0 saturated heterocycles. The lowest BCUT2D eigenvalue weighted by molar-refractivity contribution is 0.0939. The van der Waals surface area contributed by atoms with E-state index in [0.29, 0.717) is 21.8 Å². The maximum Gasteiger partial charge on any atom is 0.271 e. The van der Waals surface area contributed by atoms with E-state index in [1.807, 2.05) is 6.92 Å². The van der Waals surface area contributed by atoms with Gasteiger partial charge in [0.1, 0.15) is 10.2 Å². The number of carbonyl (C=O) groups excluding carboxylic acids is 1. The topological polar surface area (TPSA) is 64.0 Å². The van der Waals surface area contributed by atoms with Crippen LogP contribution in [0.15, 0.2) is 11.1 Å². The molecule has 2 aliphatic rings. The summed E-state index contributed by atoms with van der Waals surface area (Å²) >= 11 is 1.39. The van der Waals surface area contributed by atoms with Crippen molar-refractivity contribution in [3.05, 3.63) is 27.1 Å². The second-order valence-corrected chi connectivity index (χ2v) is 7.58. The molecule has 6 heteroatoms. The van der Waals surface area contributed by atoms with Gasteiger partial charge in [0, 0.05) is 17.0 Å². The highest BCUT2D eigenvalue weighted by Crippen LogP contribution is 2.34. The lowest BCUT2D eigenvalue weighted by Crippen LogP contribution is -2.33. The Kier molecular flexibility index (Phi) is 3.29. The average molecular weight is 317 g/mol. The highest BCUT2D eigenvalue weighted by Gasteiger charge is 2.28. The van der Waals surface area contributed by atoms with Crippen LogP contribution in [0, 0.1) is 6.92 Å². The van der Waals surface area contributed by atoms with Gasteiger partial charge in [-0.1, -0.05) is 12.8 Å². The summed E-state index contributed by atoms with van der Waals surface area (Å²) in [6.45, 7) is 1.90. The summed E-state index contributed by atoms with van der Waals surface area (Å²) < 4.78 is 2.33. The normalized spacial score (nSPS) is 19.0. The van der Waals surface area contributed by atoms with Crippen LogP contribution in [0.5, 0.6) is 0 Å². The summed E-state index contributed by atoms with van der Waals surface area (Å²) in [5.41, 5.74) is 1.16. The van der Waals surface area contributed by atoms with E-state index in [9.17, 15) is 9.59 Å². The summed E-state index contributed by atoms with van der Waals surface area (Å²) in [6.07, 6.45) is 8.17. The number of hydrogen-bond acceptors (Lipinski definition) is 4. The zero-order valence-electron chi connectivity index (χ0n) is 12.6. The maximum atomic E-state index is 12.6. The Morgan fingerprint density at radius 3 is 2.73 bits per heavy atom. The second kappa shape index (κ2) is 5.19. The fraction of sp³-hybridized carbons (Fsp3) is 0.562. The van der Waals surface area contributed by atoms with Gasteiger partial charge in [-0.15, -0.1) is 11.3 Å². The van der Waals surface area contributed by atoms with E-state index in [1.165, 1.54) is 24.2 Å². The molecular formula is C16H19N3O2S. The maximum absolute atomic E-state index is 12.6. The predicted octanol–water partition coefficient (Wildman–Crippen LogP) is 2.77. The fourth-order valence-electron chi connectivity index (χ4n) is 3.30. The molecule has 2 fully saturated rings. The number of carbonyl (C=O) groups is 1. The Morgan fingerprint density at radius 2 is 2.05 bits per heavy atom. The molecule has 0 spiro atoms. The zero-order valence-corrected chi connectivity index (χ0v) is 13.4. The number of fused-ring (bicyclic) bond motifs is 1. The summed E-state index contributed by atoms with van der Waals surface area (Å²) in [4.78, 5) is 30.4. The highest BCUT2D eigenvalue weighted by atomic mass is 32.1. The third-order valence-corrected chi connectivity index (χ3v) is 5.74. The summed E-state index contributed by atoms with van der Waals surface area (Å²) in [5, 5.41) is 3.10. The first-order valence-electron chi connectivity index (χ1n) is 7.96. The Bertz CT molecular complexity index is 798. The van der Waals surface area contributed by atoms with Crippen LogP contribution in [0.3, 0.4) is 0 Å². The molecule has 2 aromatic heterocycles. The monoisotopic (exact) mass is 317 g/mol. The largest absolute Gasteiger partial charge is 0.349 e. The molecule has 0 bridgehead atoms. The van der Waals surface area contributed by atoms with Crippen LogP contribution in [0.4, 0.5) is 0 Å². The van der Waals surface area contributed by atoms with E-state index in [2.05, 4.69) is 10.3 Å². The van der Waals surface area contributed by atoms with Gasteiger partial charge in [-0.05, 0) is 32.6 Å². The van der Waals surface area contributed by atoms with E-state index in [0.717, 1.165) is 30.6 Å². The van der Waals surface area contributed by atoms with Crippen molar-refractivity contribution in [2.24, 2.45) is 0 Å². The first-order chi connectivity index (χ1) is 10.6. The zero-order chi connectivity index (χ0) is 15.3. The molecular weight excluding hydrogens is 298 g/mol. The molecule has 1 N–H and O–H groups in total. The Morgan fingerprint density at radius 1 is 1.32 bits per heavy atom. The van der Waals surface area contributed by atoms with Gasteiger partial charge in [-0.2, -0.15) is 0 Å². The molecule has 1 amide bonds. The van der Waals surface area contributed by atoms with E-state index in [-0.39, 0.29) is 17.5 Å². The molecule has 4 rings (SSSR count). The Hall–Kier alpha value is -1.69. The third kappa shape index (κ3) is 2.26. The lowest BCUT2D eigenvalue weighted by atomic mass is 10.2. The minimum absolute atomic E-state index is 0.000478. The van der Waals surface area contributed by atoms with E-state index >= 15 is 0 Å². The number of thiophene rings is 1. The van der Waals surface area contributed by atoms with E-state index < -0.39 is 0 Å². The molecule has 2 aliphatic carbocycles. The third-order valence-electron chi connectivity index (χ3n) is 4.66. The van der Waals surface area contributed by atoms with Gasteiger partial charge in [-0.3, -0.25) is 14.2 Å². The van der Waals surface area contributed by atoms with Crippen LogP contribution >= 0.6 is 11.3 Å². The van der Waals surface area contributed by atoms with Gasteiger partial charge in [0.25, 0.3) is 11.5 Å². The highest BCUT2D eigenvalue weighted by molar-refractivity contribution is 7.19. The molecule has 2 heterocycles. The Balaban J connectivity index is 1.74. The van der Waals surface area contributed by atoms with Crippen LogP contribution in [-0.4, -0.2) is 21.5 Å². The number of nitrogens with zero attached hydrogens (tertiary/aromatic N) is 2. The first-order valence-corrected chi connectivity index (χ1v) is 8.78. The van der Waals surface area contributed by atoms with Crippen molar-refractivity contribution in [2.75, 3.05) is 0 Å². The van der Waals surface area contributed by atoms with Gasteiger partial charge < -0.3 is 5.32 Å². The molecule has 2 aromatic rings. The van der Waals surface area contributed by atoms with Crippen molar-refractivity contribution in [1.29, 1.82) is 0 Å². The minimum Gasteiger partial charge on any atom is -0.349 e. The molecule has 22 heavy (non-hydrogen) atoms. The molecule has 0 aliphatic heterocycles. The number of rotatable bonds is 3. The van der Waals surface area contributed by atoms with Crippen molar-refractivity contribution >= 4 is 27.5 Å². The quantitative estimate of drug-likeness (QED) is 0.947. The molecule has 0 atom stereocenters. The van der Waals surface area contributed by atoms with Crippen molar-refractivity contribution in [3.63, 3.8) is 0 Å². The SMILES string of the molecule is Cc1sc2c(=O)n(C3CC3)cnc2c1C(=O)NC1CCCC1. The molecule has 0 radical (unpaired) electrons. The van der Waals surface area contributed by atoms with Crippen molar-refractivity contribution in [3.8, 4) is 0 Å². The smallest absolute Gasteiger partial charge is 0.271 e. The van der Waals surface area contributed by atoms with Crippen LogP contribution in [-0.2, 0) is 0 Å². The fourth-order valence-corrected chi connectivity index (χ4v) is 4.34. The summed E-state index contributed by atoms with van der Waals surface area (Å²) in [7, 11) is 0. The van der Waals surface area contributed by atoms with Crippen molar-refractivity contribution < 1.29 is 4.79 Å². The van der Waals surface area contributed by atoms with Crippen molar-refractivity contribution in [1.82, 2.24) is 14.9 Å². The molecule has 2 saturated carbocycles. The van der Waals surface area contributed by atoms with Gasteiger partial charge in [0.2, 0.25) is 0 Å². The summed E-state index contributed by atoms with van der Waals surface area (Å²) in [6, 6.07) is 0.580. The van der Waals surface area contributed by atoms with Gasteiger partial charge >= 0.3 is 0 Å². The molecule has 116 valence electrons. The van der Waals surface area contributed by atoms with Crippen molar-refractivity contribution in [2.45, 2.75) is 57.5 Å². The number of aromatic nitrogens is 2. The number of amides is 1. The first kappa shape index (κ1) is 13.9. The average Bonchev–Trinajstić information content (AvgIpc) is 3.08. The van der Waals surface area contributed by atoms with E-state index in [4.69, 9.17) is 0 Å². The number of hydrogen-bond donors (Lipinski definition) is 1. The van der Waals surface area contributed by atoms with Crippen LogP contribution in [0.25, 0.3) is 10.2 Å². The van der Waals surface area contributed by atoms with Gasteiger partial charge in [0.05, 0.1) is 11.9 Å². The van der Waals surface area contributed by atoms with Gasteiger partial charge in [-0.25, -0.2) is 4.98 Å².